The molecule has 0 fully saturated rings. The fourth-order valence-corrected chi connectivity index (χ4v) is 9.57. The van der Waals surface area contributed by atoms with Gasteiger partial charge in [0.1, 0.15) is 0 Å². The van der Waals surface area contributed by atoms with E-state index in [-0.39, 0.29) is 22.8 Å². The van der Waals surface area contributed by atoms with Crippen molar-refractivity contribution < 1.29 is 26.3 Å². The molecule has 0 bridgehead atoms. The summed E-state index contributed by atoms with van der Waals surface area (Å²) in [5.74, 6) is 0. The van der Waals surface area contributed by atoms with Gasteiger partial charge in [-0.1, -0.05) is 114 Å². The average Bonchev–Trinajstić information content (AvgIpc) is 3.85. The monoisotopic (exact) mass is 901 g/mol. The van der Waals surface area contributed by atoms with Gasteiger partial charge in [-0.05, 0) is 132 Å². The van der Waals surface area contributed by atoms with Gasteiger partial charge in [-0.25, -0.2) is 0 Å². The van der Waals surface area contributed by atoms with E-state index in [9.17, 15) is 31.6 Å². The Morgan fingerprint density at radius 3 is 1.37 bits per heavy atom. The smallest absolute Gasteiger partial charge is 0.309 e. The molecule has 9 heteroatoms. The lowest BCUT2D eigenvalue weighted by Crippen LogP contribution is -2.11. The molecule has 0 aliphatic carbocycles. The van der Waals surface area contributed by atoms with Crippen molar-refractivity contribution in [1.82, 2.24) is 9.13 Å². The number of hydrogen-bond acceptors (Lipinski definition) is 1. The second-order valence-electron chi connectivity index (χ2n) is 17.3. The van der Waals surface area contributed by atoms with Crippen LogP contribution in [0.5, 0.6) is 0 Å². The first-order valence-electron chi connectivity index (χ1n) is 21.9. The lowest BCUT2D eigenvalue weighted by Gasteiger charge is -2.19. The SMILES string of the molecule is Cc1ccc(-c2ccc3c(c2)c2ccccc2n3-c2ccc(C#N)c(-c3cc(-c4cc(C(F)(F)F)cc(C(F)(F)F)c4)ccc3-n3c4ccccc4c4cc(-c5ccc(C)cc5)ccc43)c2)cc1. The maximum absolute atomic E-state index is 14.3. The molecule has 68 heavy (non-hydrogen) atoms. The summed E-state index contributed by atoms with van der Waals surface area (Å²) in [6, 6.07) is 59.3. The number of fused-ring (bicyclic) bond motifs is 6. The van der Waals surface area contributed by atoms with Crippen molar-refractivity contribution in [3.05, 3.63) is 216 Å². The fourth-order valence-electron chi connectivity index (χ4n) is 9.57. The Kier molecular flexibility index (Phi) is 9.90. The highest BCUT2D eigenvalue weighted by Crippen LogP contribution is 2.44. The molecule has 0 saturated heterocycles. The van der Waals surface area contributed by atoms with E-state index in [0.29, 0.717) is 22.5 Å². The third-order valence-corrected chi connectivity index (χ3v) is 12.9. The van der Waals surface area contributed by atoms with Crippen LogP contribution in [0.3, 0.4) is 0 Å². The fraction of sp³-hybridized carbons (Fsp3) is 0.0678. The van der Waals surface area contributed by atoms with Gasteiger partial charge in [0.25, 0.3) is 0 Å². The van der Waals surface area contributed by atoms with E-state index in [2.05, 4.69) is 94.1 Å². The maximum atomic E-state index is 14.3. The quantitative estimate of drug-likeness (QED) is 0.153. The number of aromatic nitrogens is 2. The summed E-state index contributed by atoms with van der Waals surface area (Å²) >= 11 is 0. The summed E-state index contributed by atoms with van der Waals surface area (Å²) in [6.45, 7) is 4.08. The van der Waals surface area contributed by atoms with Gasteiger partial charge in [-0.2, -0.15) is 31.6 Å². The predicted molar refractivity (Wildman–Crippen MR) is 261 cm³/mol. The molecule has 0 spiro atoms. The molecule has 0 aliphatic rings. The summed E-state index contributed by atoms with van der Waals surface area (Å²) in [5.41, 5.74) is 9.28. The molecule has 0 aliphatic heterocycles. The predicted octanol–water partition coefficient (Wildman–Crippen LogP) is 17.1. The van der Waals surface area contributed by atoms with Gasteiger partial charge in [0.2, 0.25) is 0 Å². The van der Waals surface area contributed by atoms with Crippen molar-refractivity contribution >= 4 is 43.6 Å². The highest BCUT2D eigenvalue weighted by molar-refractivity contribution is 6.12. The first-order valence-corrected chi connectivity index (χ1v) is 21.9. The summed E-state index contributed by atoms with van der Waals surface area (Å²) in [4.78, 5) is 0. The molecule has 3 nitrogen and oxygen atoms in total. The third kappa shape index (κ3) is 7.26. The highest BCUT2D eigenvalue weighted by Gasteiger charge is 2.37. The van der Waals surface area contributed by atoms with E-state index < -0.39 is 23.5 Å². The molecule has 0 atom stereocenters. The number of rotatable bonds is 6. The van der Waals surface area contributed by atoms with Crippen molar-refractivity contribution in [1.29, 1.82) is 5.26 Å². The topological polar surface area (TPSA) is 33.6 Å². The Hall–Kier alpha value is -8.35. The van der Waals surface area contributed by atoms with E-state index in [1.165, 1.54) is 0 Å². The number of hydrogen-bond donors (Lipinski definition) is 0. The lowest BCUT2D eigenvalue weighted by atomic mass is 9.92. The number of halogens is 6. The normalized spacial score (nSPS) is 12.1. The molecule has 2 aromatic heterocycles. The Bertz CT molecular complexity index is 3810. The number of nitrogens with zero attached hydrogens (tertiary/aromatic N) is 3. The maximum Gasteiger partial charge on any atom is 0.416 e. The van der Waals surface area contributed by atoms with Crippen LogP contribution in [0, 0.1) is 25.2 Å². The first-order chi connectivity index (χ1) is 32.7. The zero-order valence-electron chi connectivity index (χ0n) is 36.5. The van der Waals surface area contributed by atoms with E-state index >= 15 is 0 Å². The Morgan fingerprint density at radius 2 is 0.838 bits per heavy atom. The van der Waals surface area contributed by atoms with Crippen LogP contribution in [-0.2, 0) is 12.4 Å². The number of aryl methyl sites for hydroxylation is 2. The number of para-hydroxylation sites is 2. The molecular formula is C59H37F6N3. The molecule has 0 N–H and O–H groups in total. The van der Waals surface area contributed by atoms with Gasteiger partial charge >= 0.3 is 12.4 Å². The van der Waals surface area contributed by atoms with E-state index in [4.69, 9.17) is 0 Å². The summed E-state index contributed by atoms with van der Waals surface area (Å²) in [7, 11) is 0. The van der Waals surface area contributed by atoms with Gasteiger partial charge in [-0.15, -0.1) is 0 Å². The summed E-state index contributed by atoms with van der Waals surface area (Å²) in [6.07, 6.45) is -10.1. The molecule has 2 heterocycles. The molecule has 0 amide bonds. The molecule has 330 valence electrons. The summed E-state index contributed by atoms with van der Waals surface area (Å²) in [5, 5.41) is 14.7. The second-order valence-corrected chi connectivity index (χ2v) is 17.3. The third-order valence-electron chi connectivity index (χ3n) is 12.9. The Morgan fingerprint density at radius 1 is 0.382 bits per heavy atom. The largest absolute Gasteiger partial charge is 0.416 e. The van der Waals surface area contributed by atoms with Crippen LogP contribution in [0.15, 0.2) is 188 Å². The molecule has 11 aromatic rings. The Labute approximate surface area is 387 Å². The van der Waals surface area contributed by atoms with E-state index in [1.807, 2.05) is 80.6 Å². The molecule has 0 unspecified atom stereocenters. The van der Waals surface area contributed by atoms with Crippen molar-refractivity contribution in [2.24, 2.45) is 0 Å². The second kappa shape index (κ2) is 15.9. The molecule has 9 aromatic carbocycles. The van der Waals surface area contributed by atoms with Crippen molar-refractivity contribution in [3.63, 3.8) is 0 Å². The highest BCUT2D eigenvalue weighted by atomic mass is 19.4. The number of nitriles is 1. The van der Waals surface area contributed by atoms with Crippen molar-refractivity contribution in [2.45, 2.75) is 26.2 Å². The van der Waals surface area contributed by atoms with Gasteiger partial charge in [0.05, 0.1) is 50.5 Å². The Balaban J connectivity index is 1.18. The number of benzene rings is 9. The van der Waals surface area contributed by atoms with Gasteiger partial charge in [0.15, 0.2) is 0 Å². The standard InChI is InChI=1S/C59H37F6N3/c1-35-11-15-37(16-12-35)39-20-24-55-50(29-39)47-7-3-5-9-53(47)67(55)46-23-19-42(34-66)49(33-46)52-31-41(43-27-44(58(60,61)62)32-45(28-43)59(63,64)65)22-26-57(52)68-54-10-6-4-8-48(54)51-30-40(21-25-56(51)68)38-17-13-36(2)14-18-38/h3-33H,1-2H3. The van der Waals surface area contributed by atoms with Gasteiger partial charge in [0, 0.05) is 38.4 Å². The molecule has 0 radical (unpaired) electrons. The van der Waals surface area contributed by atoms with Crippen molar-refractivity contribution in [2.75, 3.05) is 0 Å². The zero-order valence-corrected chi connectivity index (χ0v) is 36.5. The van der Waals surface area contributed by atoms with Crippen LogP contribution in [-0.4, -0.2) is 9.13 Å². The van der Waals surface area contributed by atoms with Crippen LogP contribution < -0.4 is 0 Å². The average molecular weight is 902 g/mol. The first kappa shape index (κ1) is 42.3. The van der Waals surface area contributed by atoms with E-state index in [1.54, 1.807) is 24.3 Å². The van der Waals surface area contributed by atoms with Crippen LogP contribution in [0.4, 0.5) is 26.3 Å². The van der Waals surface area contributed by atoms with Gasteiger partial charge in [-0.3, -0.25) is 0 Å². The van der Waals surface area contributed by atoms with Crippen LogP contribution in [0.1, 0.15) is 27.8 Å². The summed E-state index contributed by atoms with van der Waals surface area (Å²) < 4.78 is 90.0. The van der Waals surface area contributed by atoms with Gasteiger partial charge < -0.3 is 9.13 Å². The van der Waals surface area contributed by atoms with Crippen molar-refractivity contribution in [3.8, 4) is 62.0 Å². The molecule has 0 saturated carbocycles. The minimum atomic E-state index is -5.05. The minimum Gasteiger partial charge on any atom is -0.309 e. The van der Waals surface area contributed by atoms with Crippen LogP contribution >= 0.6 is 0 Å². The minimum absolute atomic E-state index is 0.109. The molecular weight excluding hydrogens is 865 g/mol. The lowest BCUT2D eigenvalue weighted by molar-refractivity contribution is -0.143. The van der Waals surface area contributed by atoms with Crippen LogP contribution in [0.2, 0.25) is 0 Å². The zero-order chi connectivity index (χ0) is 47.1. The number of alkyl halides is 6. The van der Waals surface area contributed by atoms with E-state index in [0.717, 1.165) is 89.1 Å². The molecule has 11 rings (SSSR count). The van der Waals surface area contributed by atoms with Crippen LogP contribution in [0.25, 0.3) is 99.5 Å².